The fraction of sp³-hybridized carbons (Fsp3) is 0.571. The van der Waals surface area contributed by atoms with Gasteiger partial charge in [0, 0.05) is 0 Å². The molecule has 0 amide bonds. The summed E-state index contributed by atoms with van der Waals surface area (Å²) in [7, 11) is 0. The van der Waals surface area contributed by atoms with Crippen molar-refractivity contribution in [1.29, 1.82) is 0 Å². The fourth-order valence-electron chi connectivity index (χ4n) is 2.88. The number of rotatable bonds is 6. The lowest BCUT2D eigenvalue weighted by atomic mass is 9.57. The third-order valence-corrected chi connectivity index (χ3v) is 3.72. The van der Waals surface area contributed by atoms with Crippen molar-refractivity contribution in [1.82, 2.24) is 0 Å². The van der Waals surface area contributed by atoms with Gasteiger partial charge in [0.1, 0.15) is 10.8 Å². The van der Waals surface area contributed by atoms with Crippen molar-refractivity contribution < 1.29 is 19.8 Å². The standard InChI is InChI=1S/C14H20O4/c1-3-7-13(11(15)16)9-5-6-10-14(13,8-4-2)12(17)18/h5-6,9-10H,3-4,7-8H2,1-2H3,(H,15,16)(H,17,18). The van der Waals surface area contributed by atoms with Gasteiger partial charge in [-0.15, -0.1) is 0 Å². The molecule has 0 aliphatic heterocycles. The van der Waals surface area contributed by atoms with Crippen LogP contribution in [0.3, 0.4) is 0 Å². The number of carboxylic acid groups (broad SMARTS) is 2. The van der Waals surface area contributed by atoms with E-state index in [-0.39, 0.29) is 0 Å². The molecule has 0 heterocycles. The zero-order valence-electron chi connectivity index (χ0n) is 10.8. The van der Waals surface area contributed by atoms with E-state index in [0.29, 0.717) is 25.7 Å². The smallest absolute Gasteiger partial charge is 0.315 e. The van der Waals surface area contributed by atoms with E-state index in [2.05, 4.69) is 0 Å². The Morgan fingerprint density at radius 1 is 0.889 bits per heavy atom. The summed E-state index contributed by atoms with van der Waals surface area (Å²) >= 11 is 0. The monoisotopic (exact) mass is 252 g/mol. The Balaban J connectivity index is 3.42. The van der Waals surface area contributed by atoms with Gasteiger partial charge < -0.3 is 10.2 Å². The number of hydrogen-bond donors (Lipinski definition) is 2. The average molecular weight is 252 g/mol. The summed E-state index contributed by atoms with van der Waals surface area (Å²) in [4.78, 5) is 23.4. The molecule has 0 spiro atoms. The van der Waals surface area contributed by atoms with Crippen molar-refractivity contribution in [3.63, 3.8) is 0 Å². The van der Waals surface area contributed by atoms with Gasteiger partial charge in [-0.25, -0.2) is 0 Å². The van der Waals surface area contributed by atoms with Gasteiger partial charge in [0.25, 0.3) is 0 Å². The largest absolute Gasteiger partial charge is 0.481 e. The van der Waals surface area contributed by atoms with Crippen molar-refractivity contribution in [2.45, 2.75) is 39.5 Å². The van der Waals surface area contributed by atoms with E-state index in [0.717, 1.165) is 0 Å². The van der Waals surface area contributed by atoms with Crippen LogP contribution in [0.4, 0.5) is 0 Å². The Bertz CT molecular complexity index is 359. The maximum absolute atomic E-state index is 11.7. The van der Waals surface area contributed by atoms with Gasteiger partial charge in [0.15, 0.2) is 0 Å². The highest BCUT2D eigenvalue weighted by molar-refractivity contribution is 5.90. The van der Waals surface area contributed by atoms with Crippen LogP contribution in [0.5, 0.6) is 0 Å². The van der Waals surface area contributed by atoms with Crippen LogP contribution in [0.2, 0.25) is 0 Å². The van der Waals surface area contributed by atoms with Crippen LogP contribution in [0, 0.1) is 10.8 Å². The Morgan fingerprint density at radius 3 is 1.44 bits per heavy atom. The van der Waals surface area contributed by atoms with Crippen LogP contribution in [0.15, 0.2) is 24.3 Å². The Hall–Kier alpha value is -1.58. The normalized spacial score (nSPS) is 30.3. The van der Waals surface area contributed by atoms with E-state index in [9.17, 15) is 19.8 Å². The average Bonchev–Trinajstić information content (AvgIpc) is 2.31. The van der Waals surface area contributed by atoms with Crippen LogP contribution >= 0.6 is 0 Å². The number of carboxylic acids is 2. The summed E-state index contributed by atoms with van der Waals surface area (Å²) in [5.41, 5.74) is -2.67. The van der Waals surface area contributed by atoms with Gasteiger partial charge >= 0.3 is 11.9 Å². The van der Waals surface area contributed by atoms with Crippen LogP contribution in [-0.4, -0.2) is 22.2 Å². The van der Waals surface area contributed by atoms with Crippen LogP contribution < -0.4 is 0 Å². The fourth-order valence-corrected chi connectivity index (χ4v) is 2.88. The van der Waals surface area contributed by atoms with Crippen LogP contribution in [0.25, 0.3) is 0 Å². The van der Waals surface area contributed by atoms with E-state index in [4.69, 9.17) is 0 Å². The first-order chi connectivity index (χ1) is 8.47. The van der Waals surface area contributed by atoms with Gasteiger partial charge in [0.05, 0.1) is 0 Å². The molecule has 1 aliphatic rings. The molecular weight excluding hydrogens is 232 g/mol. The maximum atomic E-state index is 11.7. The molecule has 0 radical (unpaired) electrons. The molecule has 0 saturated carbocycles. The molecular formula is C14H20O4. The molecule has 0 aromatic heterocycles. The Kier molecular flexibility index (Phi) is 4.33. The van der Waals surface area contributed by atoms with Crippen molar-refractivity contribution >= 4 is 11.9 Å². The van der Waals surface area contributed by atoms with E-state index < -0.39 is 22.8 Å². The summed E-state index contributed by atoms with van der Waals surface area (Å²) in [5, 5.41) is 19.2. The van der Waals surface area contributed by atoms with Crippen molar-refractivity contribution in [2.75, 3.05) is 0 Å². The molecule has 0 saturated heterocycles. The lowest BCUT2D eigenvalue weighted by Crippen LogP contribution is -2.51. The highest BCUT2D eigenvalue weighted by Gasteiger charge is 2.58. The Labute approximate surface area is 107 Å². The molecule has 4 heteroatoms. The summed E-state index contributed by atoms with van der Waals surface area (Å²) in [6, 6.07) is 0. The summed E-state index contributed by atoms with van der Waals surface area (Å²) in [5.74, 6) is -2.11. The topological polar surface area (TPSA) is 74.6 Å². The first-order valence-corrected chi connectivity index (χ1v) is 6.30. The zero-order valence-corrected chi connectivity index (χ0v) is 10.8. The Morgan fingerprint density at radius 2 is 1.22 bits per heavy atom. The third kappa shape index (κ3) is 1.96. The van der Waals surface area contributed by atoms with E-state index in [1.54, 1.807) is 24.3 Å². The maximum Gasteiger partial charge on any atom is 0.315 e. The lowest BCUT2D eigenvalue weighted by molar-refractivity contribution is -0.167. The summed E-state index contributed by atoms with van der Waals surface area (Å²) in [6.45, 7) is 3.74. The van der Waals surface area contributed by atoms with E-state index in [1.807, 2.05) is 13.8 Å². The summed E-state index contributed by atoms with van der Waals surface area (Å²) in [6.07, 6.45) is 8.28. The minimum absolute atomic E-state index is 0.329. The van der Waals surface area contributed by atoms with Crippen LogP contribution in [0.1, 0.15) is 39.5 Å². The van der Waals surface area contributed by atoms with Gasteiger partial charge in [-0.3, -0.25) is 9.59 Å². The molecule has 1 rings (SSSR count). The highest BCUT2D eigenvalue weighted by atomic mass is 16.4. The second-order valence-corrected chi connectivity index (χ2v) is 4.77. The molecule has 100 valence electrons. The minimum atomic E-state index is -1.33. The predicted octanol–water partition coefficient (Wildman–Crippen LogP) is 2.85. The molecule has 2 unspecified atom stereocenters. The second-order valence-electron chi connectivity index (χ2n) is 4.77. The van der Waals surface area contributed by atoms with Gasteiger partial charge in [-0.1, -0.05) is 51.0 Å². The molecule has 0 aromatic carbocycles. The van der Waals surface area contributed by atoms with Gasteiger partial charge in [-0.05, 0) is 12.8 Å². The molecule has 0 aromatic rings. The van der Waals surface area contributed by atoms with Gasteiger partial charge in [0.2, 0.25) is 0 Å². The highest BCUT2D eigenvalue weighted by Crippen LogP contribution is 2.51. The number of carbonyl (C=O) groups is 2. The third-order valence-electron chi connectivity index (χ3n) is 3.72. The zero-order chi connectivity index (χ0) is 13.8. The number of hydrogen-bond acceptors (Lipinski definition) is 2. The first-order valence-electron chi connectivity index (χ1n) is 6.30. The number of allylic oxidation sites excluding steroid dienone is 2. The van der Waals surface area contributed by atoms with E-state index >= 15 is 0 Å². The molecule has 0 fully saturated rings. The molecule has 2 N–H and O–H groups in total. The lowest BCUT2D eigenvalue weighted by Gasteiger charge is -2.43. The molecule has 0 bridgehead atoms. The molecule has 2 atom stereocenters. The molecule has 1 aliphatic carbocycles. The first kappa shape index (κ1) is 14.5. The van der Waals surface area contributed by atoms with Gasteiger partial charge in [-0.2, -0.15) is 0 Å². The van der Waals surface area contributed by atoms with Crippen molar-refractivity contribution in [2.24, 2.45) is 10.8 Å². The van der Waals surface area contributed by atoms with Crippen molar-refractivity contribution in [3.8, 4) is 0 Å². The predicted molar refractivity (Wildman–Crippen MR) is 68.2 cm³/mol. The second kappa shape index (κ2) is 5.38. The van der Waals surface area contributed by atoms with Crippen LogP contribution in [-0.2, 0) is 9.59 Å². The molecule has 4 nitrogen and oxygen atoms in total. The van der Waals surface area contributed by atoms with E-state index in [1.165, 1.54) is 0 Å². The summed E-state index contributed by atoms with van der Waals surface area (Å²) < 4.78 is 0. The number of aliphatic carboxylic acids is 2. The minimum Gasteiger partial charge on any atom is -0.481 e. The molecule has 18 heavy (non-hydrogen) atoms. The quantitative estimate of drug-likeness (QED) is 0.762. The van der Waals surface area contributed by atoms with Crippen molar-refractivity contribution in [3.05, 3.63) is 24.3 Å². The SMILES string of the molecule is CCCC1(C(=O)O)C=CC=CC1(CCC)C(=O)O.